The van der Waals surface area contributed by atoms with Gasteiger partial charge in [0, 0.05) is 0 Å². The first-order valence-corrected chi connectivity index (χ1v) is 4.33. The molecule has 0 aliphatic rings. The van der Waals surface area contributed by atoms with Crippen molar-refractivity contribution in [1.82, 2.24) is 0 Å². The Morgan fingerprint density at radius 1 is 1.43 bits per heavy atom. The molecule has 0 aromatic heterocycles. The summed E-state index contributed by atoms with van der Waals surface area (Å²) in [7, 11) is 0. The number of nitrogens with two attached hydrogens (primary N) is 1. The molecule has 1 aromatic rings. The molecule has 0 aliphatic heterocycles. The summed E-state index contributed by atoms with van der Waals surface area (Å²) < 4.78 is 12.6. The monoisotopic (exact) mass is 197 g/mol. The van der Waals surface area contributed by atoms with Crippen LogP contribution in [0.4, 0.5) is 4.39 Å². The average Bonchev–Trinajstić information content (AvgIpc) is 2.15. The predicted molar refractivity (Wildman–Crippen MR) is 50.4 cm³/mol. The van der Waals surface area contributed by atoms with Crippen LogP contribution < -0.4 is 5.73 Å². The van der Waals surface area contributed by atoms with E-state index in [1.165, 1.54) is 24.3 Å². The Morgan fingerprint density at radius 2 is 2.00 bits per heavy atom. The quantitative estimate of drug-likeness (QED) is 0.765. The molecular weight excluding hydrogens is 185 g/mol. The summed E-state index contributed by atoms with van der Waals surface area (Å²) in [5.41, 5.74) is 5.88. The van der Waals surface area contributed by atoms with Gasteiger partial charge in [0.25, 0.3) is 0 Å². The highest BCUT2D eigenvalue weighted by Gasteiger charge is 2.18. The van der Waals surface area contributed by atoms with Crippen molar-refractivity contribution in [2.45, 2.75) is 12.3 Å². The molecule has 0 bridgehead atoms. The van der Waals surface area contributed by atoms with Gasteiger partial charge in [-0.1, -0.05) is 12.1 Å². The highest BCUT2D eigenvalue weighted by atomic mass is 19.1. The molecule has 0 radical (unpaired) electrons. The van der Waals surface area contributed by atoms with Crippen molar-refractivity contribution < 1.29 is 14.3 Å². The van der Waals surface area contributed by atoms with E-state index in [1.807, 2.05) is 0 Å². The van der Waals surface area contributed by atoms with Crippen molar-refractivity contribution in [2.75, 3.05) is 6.54 Å². The summed E-state index contributed by atoms with van der Waals surface area (Å²) in [6.07, 6.45) is 0.362. The molecule has 3 N–H and O–H groups in total. The smallest absolute Gasteiger partial charge is 0.311 e. The molecule has 14 heavy (non-hydrogen) atoms. The van der Waals surface area contributed by atoms with E-state index in [-0.39, 0.29) is 5.82 Å². The van der Waals surface area contributed by atoms with Gasteiger partial charge in [0.15, 0.2) is 0 Å². The molecule has 1 aromatic carbocycles. The van der Waals surface area contributed by atoms with Gasteiger partial charge in [-0.05, 0) is 30.7 Å². The summed E-state index contributed by atoms with van der Waals surface area (Å²) in [4.78, 5) is 10.8. The Balaban J connectivity index is 2.87. The maximum Gasteiger partial charge on any atom is 0.311 e. The Labute approximate surface area is 81.4 Å². The lowest BCUT2D eigenvalue weighted by Gasteiger charge is -2.10. The lowest BCUT2D eigenvalue weighted by Crippen LogP contribution is -2.16. The highest BCUT2D eigenvalue weighted by Crippen LogP contribution is 2.19. The molecule has 1 atom stereocenters. The third-order valence-corrected chi connectivity index (χ3v) is 2.03. The van der Waals surface area contributed by atoms with Crippen LogP contribution in [0, 0.1) is 5.82 Å². The number of hydrogen-bond acceptors (Lipinski definition) is 2. The summed E-state index contributed by atoms with van der Waals surface area (Å²) in [6.45, 7) is 0.300. The van der Waals surface area contributed by atoms with Crippen LogP contribution in [0.3, 0.4) is 0 Å². The van der Waals surface area contributed by atoms with E-state index in [0.717, 1.165) is 0 Å². The second-order valence-corrected chi connectivity index (χ2v) is 3.02. The first-order valence-electron chi connectivity index (χ1n) is 4.33. The van der Waals surface area contributed by atoms with Gasteiger partial charge in [0.2, 0.25) is 0 Å². The number of benzene rings is 1. The lowest BCUT2D eigenvalue weighted by atomic mass is 9.96. The number of hydrogen-bond donors (Lipinski definition) is 2. The summed E-state index contributed by atoms with van der Waals surface area (Å²) >= 11 is 0. The fourth-order valence-electron chi connectivity index (χ4n) is 1.29. The normalized spacial score (nSPS) is 12.4. The maximum atomic E-state index is 12.6. The van der Waals surface area contributed by atoms with Gasteiger partial charge in [-0.25, -0.2) is 4.39 Å². The van der Waals surface area contributed by atoms with E-state index in [0.29, 0.717) is 18.5 Å². The molecule has 0 spiro atoms. The van der Waals surface area contributed by atoms with Crippen LogP contribution in [0.15, 0.2) is 24.3 Å². The number of carbonyl (C=O) groups is 1. The molecule has 1 rings (SSSR count). The minimum atomic E-state index is -0.929. The molecule has 0 heterocycles. The molecule has 0 fully saturated rings. The summed E-state index contributed by atoms with van der Waals surface area (Å²) in [5, 5.41) is 8.88. The number of aliphatic carboxylic acids is 1. The van der Waals surface area contributed by atoms with Crippen LogP contribution in [0.5, 0.6) is 0 Å². The van der Waals surface area contributed by atoms with E-state index in [2.05, 4.69) is 0 Å². The lowest BCUT2D eigenvalue weighted by molar-refractivity contribution is -0.138. The first-order chi connectivity index (χ1) is 6.65. The summed E-state index contributed by atoms with van der Waals surface area (Å²) in [5.74, 6) is -1.94. The van der Waals surface area contributed by atoms with Crippen LogP contribution in [0.1, 0.15) is 17.9 Å². The van der Waals surface area contributed by atoms with Crippen LogP contribution in [-0.4, -0.2) is 17.6 Å². The van der Waals surface area contributed by atoms with E-state index in [4.69, 9.17) is 10.8 Å². The van der Waals surface area contributed by atoms with Crippen LogP contribution >= 0.6 is 0 Å². The fourth-order valence-corrected chi connectivity index (χ4v) is 1.29. The maximum absolute atomic E-state index is 12.6. The van der Waals surface area contributed by atoms with E-state index < -0.39 is 11.9 Å². The van der Waals surface area contributed by atoms with E-state index >= 15 is 0 Å². The van der Waals surface area contributed by atoms with Crippen molar-refractivity contribution in [3.8, 4) is 0 Å². The molecular formula is C10H12FNO2. The number of rotatable bonds is 4. The van der Waals surface area contributed by atoms with Gasteiger partial charge in [0.05, 0.1) is 5.92 Å². The van der Waals surface area contributed by atoms with Crippen LogP contribution in [0.25, 0.3) is 0 Å². The molecule has 0 saturated carbocycles. The molecule has 0 saturated heterocycles. The Kier molecular flexibility index (Phi) is 3.59. The number of halogens is 1. The van der Waals surface area contributed by atoms with Crippen molar-refractivity contribution >= 4 is 5.97 Å². The van der Waals surface area contributed by atoms with Crippen molar-refractivity contribution in [1.29, 1.82) is 0 Å². The average molecular weight is 197 g/mol. The third-order valence-electron chi connectivity index (χ3n) is 2.03. The van der Waals surface area contributed by atoms with Crippen molar-refractivity contribution in [3.05, 3.63) is 35.6 Å². The zero-order chi connectivity index (χ0) is 10.6. The first kappa shape index (κ1) is 10.7. The van der Waals surface area contributed by atoms with Crippen molar-refractivity contribution in [3.63, 3.8) is 0 Å². The van der Waals surface area contributed by atoms with Gasteiger partial charge >= 0.3 is 5.97 Å². The Bertz CT molecular complexity index is 310. The van der Waals surface area contributed by atoms with Gasteiger partial charge in [-0.2, -0.15) is 0 Å². The standard InChI is InChI=1S/C10H12FNO2/c11-8-3-1-7(2-4-8)9(5-6-12)10(13)14/h1-4,9H,5-6,12H2,(H,13,14)/t9-/m0/s1. The predicted octanol–water partition coefficient (Wildman–Crippen LogP) is 1.34. The topological polar surface area (TPSA) is 63.3 Å². The zero-order valence-corrected chi connectivity index (χ0v) is 7.61. The Morgan fingerprint density at radius 3 is 2.43 bits per heavy atom. The second-order valence-electron chi connectivity index (χ2n) is 3.02. The molecule has 4 heteroatoms. The third kappa shape index (κ3) is 2.53. The molecule has 0 aliphatic carbocycles. The van der Waals surface area contributed by atoms with Crippen molar-refractivity contribution in [2.24, 2.45) is 5.73 Å². The SMILES string of the molecule is NCC[C@H](C(=O)O)c1ccc(F)cc1. The zero-order valence-electron chi connectivity index (χ0n) is 7.61. The van der Waals surface area contributed by atoms with Gasteiger partial charge in [-0.3, -0.25) is 4.79 Å². The van der Waals surface area contributed by atoms with Gasteiger partial charge < -0.3 is 10.8 Å². The minimum Gasteiger partial charge on any atom is -0.481 e. The second kappa shape index (κ2) is 4.72. The molecule has 0 amide bonds. The van der Waals surface area contributed by atoms with E-state index in [9.17, 15) is 9.18 Å². The fraction of sp³-hybridized carbons (Fsp3) is 0.300. The van der Waals surface area contributed by atoms with Crippen LogP contribution in [-0.2, 0) is 4.79 Å². The van der Waals surface area contributed by atoms with Crippen LogP contribution in [0.2, 0.25) is 0 Å². The largest absolute Gasteiger partial charge is 0.481 e. The Hall–Kier alpha value is -1.42. The number of carboxylic acid groups (broad SMARTS) is 1. The molecule has 3 nitrogen and oxygen atoms in total. The molecule has 76 valence electrons. The summed E-state index contributed by atoms with van der Waals surface area (Å²) in [6, 6.07) is 5.46. The van der Waals surface area contributed by atoms with Gasteiger partial charge in [-0.15, -0.1) is 0 Å². The molecule has 0 unspecified atom stereocenters. The minimum absolute atomic E-state index is 0.300. The van der Waals surface area contributed by atoms with E-state index in [1.54, 1.807) is 0 Å². The highest BCUT2D eigenvalue weighted by molar-refractivity contribution is 5.76. The number of carboxylic acids is 1. The van der Waals surface area contributed by atoms with Gasteiger partial charge in [0.1, 0.15) is 5.82 Å².